The molecule has 1 N–H and O–H groups in total. The third-order valence-electron chi connectivity index (χ3n) is 2.56. The number of para-hydroxylation sites is 1. The Balaban J connectivity index is 2.08. The van der Waals surface area contributed by atoms with E-state index in [-0.39, 0.29) is 12.4 Å². The summed E-state index contributed by atoms with van der Waals surface area (Å²) in [5.74, 6) is -0.379. The van der Waals surface area contributed by atoms with Crippen molar-refractivity contribution in [1.82, 2.24) is 9.78 Å². The van der Waals surface area contributed by atoms with Crippen LogP contribution in [-0.2, 0) is 11.3 Å². The molecule has 0 saturated heterocycles. The monoisotopic (exact) mass is 310 g/mol. The van der Waals surface area contributed by atoms with Crippen molar-refractivity contribution in [3.05, 3.63) is 45.6 Å². The van der Waals surface area contributed by atoms with E-state index in [4.69, 9.17) is 16.3 Å². The zero-order chi connectivity index (χ0) is 15.4. The van der Waals surface area contributed by atoms with E-state index in [9.17, 15) is 14.9 Å². The highest BCUT2D eigenvalue weighted by Crippen LogP contribution is 2.32. The van der Waals surface area contributed by atoms with Crippen LogP contribution >= 0.6 is 11.6 Å². The number of nitrogens with one attached hydrogen (secondary N) is 1. The van der Waals surface area contributed by atoms with Gasteiger partial charge < -0.3 is 20.2 Å². The minimum absolute atomic E-state index is 0.163. The Morgan fingerprint density at radius 1 is 1.52 bits per heavy atom. The number of hydrogen-bond donors (Lipinski definition) is 1. The van der Waals surface area contributed by atoms with Gasteiger partial charge in [-0.25, -0.2) is 0 Å². The van der Waals surface area contributed by atoms with Crippen LogP contribution in [0.25, 0.3) is 0 Å². The van der Waals surface area contributed by atoms with Gasteiger partial charge in [-0.2, -0.15) is 4.68 Å². The van der Waals surface area contributed by atoms with E-state index < -0.39 is 10.8 Å². The summed E-state index contributed by atoms with van der Waals surface area (Å²) < 4.78 is 6.28. The molecule has 8 nitrogen and oxygen atoms in total. The molecular weight excluding hydrogens is 300 g/mol. The minimum atomic E-state index is -0.631. The second-order valence-corrected chi connectivity index (χ2v) is 4.40. The van der Waals surface area contributed by atoms with Crippen molar-refractivity contribution in [2.75, 3.05) is 12.4 Å². The van der Waals surface area contributed by atoms with E-state index in [0.717, 1.165) is 0 Å². The Kier molecular flexibility index (Phi) is 4.39. The normalized spacial score (nSPS) is 10.2. The number of methoxy groups -OCH3 is 1. The molecule has 9 heteroatoms. The lowest BCUT2D eigenvalue weighted by atomic mass is 10.3. The number of anilines is 1. The molecule has 21 heavy (non-hydrogen) atoms. The Bertz CT molecular complexity index is 686. The smallest absolute Gasteiger partial charge is 0.389 e. The van der Waals surface area contributed by atoms with E-state index in [2.05, 4.69) is 10.4 Å². The summed E-state index contributed by atoms with van der Waals surface area (Å²) >= 11 is 5.94. The van der Waals surface area contributed by atoms with E-state index in [0.29, 0.717) is 16.5 Å². The number of rotatable bonds is 5. The molecule has 0 saturated carbocycles. The molecule has 0 aliphatic carbocycles. The second-order valence-electron chi connectivity index (χ2n) is 4.00. The third kappa shape index (κ3) is 3.48. The van der Waals surface area contributed by atoms with Crippen LogP contribution in [0, 0.1) is 10.1 Å². The van der Waals surface area contributed by atoms with Crippen molar-refractivity contribution in [3.63, 3.8) is 0 Å². The molecule has 0 aliphatic heterocycles. The van der Waals surface area contributed by atoms with Gasteiger partial charge >= 0.3 is 5.82 Å². The molecule has 2 rings (SSSR count). The number of hydrogen-bond acceptors (Lipinski definition) is 5. The van der Waals surface area contributed by atoms with Crippen LogP contribution in [0.5, 0.6) is 5.75 Å². The van der Waals surface area contributed by atoms with Crippen LogP contribution in [0.4, 0.5) is 11.5 Å². The van der Waals surface area contributed by atoms with Gasteiger partial charge in [0.05, 0.1) is 35.2 Å². The molecule has 1 aromatic carbocycles. The fourth-order valence-corrected chi connectivity index (χ4v) is 1.94. The molecule has 0 radical (unpaired) electrons. The molecule has 0 atom stereocenters. The highest BCUT2D eigenvalue weighted by Gasteiger charge is 2.15. The van der Waals surface area contributed by atoms with Crippen molar-refractivity contribution in [2.24, 2.45) is 0 Å². The summed E-state index contributed by atoms with van der Waals surface area (Å²) in [6.07, 6.45) is 1.35. The van der Waals surface area contributed by atoms with E-state index in [1.54, 1.807) is 18.2 Å². The zero-order valence-corrected chi connectivity index (χ0v) is 11.7. The van der Waals surface area contributed by atoms with Gasteiger partial charge in [-0.05, 0) is 17.1 Å². The van der Waals surface area contributed by atoms with E-state index in [1.807, 2.05) is 0 Å². The number of amides is 1. The van der Waals surface area contributed by atoms with Gasteiger partial charge in [0.25, 0.3) is 0 Å². The number of nitrogens with zero attached hydrogens (tertiary/aromatic N) is 3. The number of ether oxygens (including phenoxy) is 1. The summed E-state index contributed by atoms with van der Waals surface area (Å²) in [6, 6.07) is 6.15. The first-order chi connectivity index (χ1) is 10.0. The van der Waals surface area contributed by atoms with Crippen molar-refractivity contribution in [3.8, 4) is 5.75 Å². The highest BCUT2D eigenvalue weighted by atomic mass is 35.5. The maximum atomic E-state index is 11.9. The maximum absolute atomic E-state index is 11.9. The van der Waals surface area contributed by atoms with Crippen molar-refractivity contribution in [1.29, 1.82) is 0 Å². The maximum Gasteiger partial charge on any atom is 0.389 e. The summed E-state index contributed by atoms with van der Waals surface area (Å²) in [5.41, 5.74) is 0.414. The first kappa shape index (κ1) is 14.8. The molecule has 0 spiro atoms. The summed E-state index contributed by atoms with van der Waals surface area (Å²) in [6.45, 7) is -0.163. The van der Waals surface area contributed by atoms with Gasteiger partial charge in [0.1, 0.15) is 6.54 Å². The van der Waals surface area contributed by atoms with Crippen LogP contribution in [0.1, 0.15) is 0 Å². The average Bonchev–Trinajstić information content (AvgIpc) is 2.87. The topological polar surface area (TPSA) is 99.3 Å². The molecule has 110 valence electrons. The Morgan fingerprint density at radius 3 is 2.90 bits per heavy atom. The molecule has 1 aromatic heterocycles. The number of nitro groups is 1. The van der Waals surface area contributed by atoms with Crippen LogP contribution in [-0.4, -0.2) is 27.7 Å². The quantitative estimate of drug-likeness (QED) is 0.673. The first-order valence-corrected chi connectivity index (χ1v) is 6.19. The van der Waals surface area contributed by atoms with Gasteiger partial charge in [0.15, 0.2) is 5.75 Å². The number of halogens is 1. The van der Waals surface area contributed by atoms with Crippen molar-refractivity contribution in [2.45, 2.75) is 6.54 Å². The Hall–Kier alpha value is -2.61. The zero-order valence-electron chi connectivity index (χ0n) is 10.9. The molecule has 1 amide bonds. The first-order valence-electron chi connectivity index (χ1n) is 5.81. The minimum Gasteiger partial charge on any atom is -0.493 e. The predicted molar refractivity (Wildman–Crippen MR) is 75.5 cm³/mol. The summed E-state index contributed by atoms with van der Waals surface area (Å²) in [5, 5.41) is 17.1. The molecule has 0 fully saturated rings. The van der Waals surface area contributed by atoms with Gasteiger partial charge in [0.2, 0.25) is 5.91 Å². The number of benzene rings is 1. The van der Waals surface area contributed by atoms with Gasteiger partial charge in [-0.1, -0.05) is 17.7 Å². The standard InChI is InChI=1S/C12H11ClN4O4/c1-21-12-8(13)3-2-4-9(12)14-11(18)7-16-6-5-10(15-16)17(19)20/h2-6H,7H2,1H3,(H,14,18). The van der Waals surface area contributed by atoms with E-state index >= 15 is 0 Å². The molecule has 0 unspecified atom stereocenters. The lowest BCUT2D eigenvalue weighted by molar-refractivity contribution is -0.389. The van der Waals surface area contributed by atoms with Gasteiger partial charge in [-0.3, -0.25) is 4.79 Å². The Morgan fingerprint density at radius 2 is 2.29 bits per heavy atom. The van der Waals surface area contributed by atoms with Crippen LogP contribution in [0.2, 0.25) is 5.02 Å². The number of carbonyl (C=O) groups is 1. The summed E-state index contributed by atoms with van der Waals surface area (Å²) in [7, 11) is 1.44. The number of carbonyl (C=O) groups excluding carboxylic acids is 1. The van der Waals surface area contributed by atoms with Crippen molar-refractivity contribution >= 4 is 29.0 Å². The van der Waals surface area contributed by atoms with Gasteiger partial charge in [-0.15, -0.1) is 0 Å². The molecule has 0 aliphatic rings. The fourth-order valence-electron chi connectivity index (χ4n) is 1.69. The lowest BCUT2D eigenvalue weighted by Gasteiger charge is -2.10. The SMILES string of the molecule is COc1c(Cl)cccc1NC(=O)Cn1ccc([N+](=O)[O-])n1. The number of aromatic nitrogens is 2. The average molecular weight is 311 g/mol. The summed E-state index contributed by atoms with van der Waals surface area (Å²) in [4.78, 5) is 21.8. The van der Waals surface area contributed by atoms with Crippen molar-refractivity contribution < 1.29 is 14.5 Å². The molecular formula is C12H11ClN4O4. The van der Waals surface area contributed by atoms with Crippen LogP contribution < -0.4 is 10.1 Å². The lowest BCUT2D eigenvalue weighted by Crippen LogP contribution is -2.19. The van der Waals surface area contributed by atoms with Crippen LogP contribution in [0.15, 0.2) is 30.5 Å². The highest BCUT2D eigenvalue weighted by molar-refractivity contribution is 6.32. The molecule has 2 aromatic rings. The third-order valence-corrected chi connectivity index (χ3v) is 2.86. The van der Waals surface area contributed by atoms with Gasteiger partial charge in [0, 0.05) is 0 Å². The molecule has 0 bridgehead atoms. The predicted octanol–water partition coefficient (Wildman–Crippen LogP) is 2.09. The largest absolute Gasteiger partial charge is 0.493 e. The fraction of sp³-hybridized carbons (Fsp3) is 0.167. The van der Waals surface area contributed by atoms with E-state index in [1.165, 1.54) is 24.1 Å². The molecule has 1 heterocycles. The van der Waals surface area contributed by atoms with Crippen LogP contribution in [0.3, 0.4) is 0 Å². The Labute approximate surface area is 124 Å². The second kappa shape index (κ2) is 6.23.